The van der Waals surface area contributed by atoms with Gasteiger partial charge in [-0.05, 0) is 42.7 Å². The van der Waals surface area contributed by atoms with Gasteiger partial charge >= 0.3 is 6.01 Å². The van der Waals surface area contributed by atoms with Crippen LogP contribution in [0.15, 0.2) is 73.3 Å². The van der Waals surface area contributed by atoms with Gasteiger partial charge in [0.15, 0.2) is 17.3 Å². The summed E-state index contributed by atoms with van der Waals surface area (Å²) in [5.74, 6) is 1.14. The summed E-state index contributed by atoms with van der Waals surface area (Å²) < 4.78 is 30.4. The minimum Gasteiger partial charge on any atom is -0.493 e. The van der Waals surface area contributed by atoms with Gasteiger partial charge in [0.1, 0.15) is 17.6 Å². The first-order valence-electron chi connectivity index (χ1n) is 12.1. The Bertz CT molecular complexity index is 1520. The molecule has 2 aliphatic rings. The molecule has 0 spiro atoms. The molecule has 0 amide bonds. The molecule has 1 atom stereocenters. The Morgan fingerprint density at radius 1 is 0.921 bits per heavy atom. The Labute approximate surface area is 218 Å². The van der Waals surface area contributed by atoms with Crippen LogP contribution in [0.4, 0.5) is 10.1 Å². The zero-order valence-corrected chi connectivity index (χ0v) is 20.7. The highest BCUT2D eigenvalue weighted by Crippen LogP contribution is 2.40. The molecule has 0 N–H and O–H groups in total. The van der Waals surface area contributed by atoms with Crippen LogP contribution in [0.2, 0.25) is 0 Å². The number of carbonyl (C=O) groups excluding carboxylic acids is 1. The highest BCUT2D eigenvalue weighted by atomic mass is 19.1. The largest absolute Gasteiger partial charge is 0.493 e. The van der Waals surface area contributed by atoms with Crippen LogP contribution < -0.4 is 19.2 Å². The Morgan fingerprint density at radius 3 is 2.32 bits per heavy atom. The molecule has 0 radical (unpaired) electrons. The van der Waals surface area contributed by atoms with Crippen LogP contribution in [0.5, 0.6) is 23.3 Å². The zero-order chi connectivity index (χ0) is 26.2. The zero-order valence-electron chi connectivity index (χ0n) is 20.7. The number of benzene rings is 2. The molecule has 0 bridgehead atoms. The van der Waals surface area contributed by atoms with Crippen LogP contribution in [0, 0.1) is 5.82 Å². The Kier molecular flexibility index (Phi) is 5.99. The average molecular weight is 514 g/mol. The van der Waals surface area contributed by atoms with Crippen LogP contribution in [0.1, 0.15) is 24.4 Å². The van der Waals surface area contributed by atoms with Gasteiger partial charge in [-0.15, -0.1) is 0 Å². The number of ketones is 1. The number of anilines is 1. The number of aromatic nitrogens is 3. The molecule has 9 nitrogen and oxygen atoms in total. The number of hydrogen-bond acceptors (Lipinski definition) is 9. The summed E-state index contributed by atoms with van der Waals surface area (Å²) in [7, 11) is 3.13. The second kappa shape index (κ2) is 9.62. The Balaban J connectivity index is 1.33. The molecule has 0 saturated heterocycles. The lowest BCUT2D eigenvalue weighted by Gasteiger charge is -2.43. The van der Waals surface area contributed by atoms with Gasteiger partial charge in [-0.2, -0.15) is 0 Å². The number of ether oxygens (including phenoxy) is 3. The van der Waals surface area contributed by atoms with Crippen molar-refractivity contribution in [2.75, 3.05) is 19.2 Å². The maximum Gasteiger partial charge on any atom is 0.322 e. The molecule has 38 heavy (non-hydrogen) atoms. The maximum absolute atomic E-state index is 13.6. The summed E-state index contributed by atoms with van der Waals surface area (Å²) in [6, 6.07) is 11.0. The summed E-state index contributed by atoms with van der Waals surface area (Å²) in [6.45, 7) is 0. The van der Waals surface area contributed by atoms with Gasteiger partial charge in [-0.3, -0.25) is 19.8 Å². The minimum absolute atomic E-state index is 0.110. The molecule has 6 rings (SSSR count). The molecular formula is C28H24FN5O4. The molecule has 10 heteroatoms. The van der Waals surface area contributed by atoms with Crippen molar-refractivity contribution < 1.29 is 23.4 Å². The molecule has 1 fully saturated rings. The smallest absolute Gasteiger partial charge is 0.322 e. The first-order valence-corrected chi connectivity index (χ1v) is 12.1. The summed E-state index contributed by atoms with van der Waals surface area (Å²) in [5.41, 5.74) is 1.96. The van der Waals surface area contributed by atoms with Gasteiger partial charge < -0.3 is 14.2 Å². The van der Waals surface area contributed by atoms with Crippen molar-refractivity contribution in [3.8, 4) is 23.3 Å². The predicted molar refractivity (Wildman–Crippen MR) is 138 cm³/mol. The molecule has 192 valence electrons. The minimum atomic E-state index is -0.664. The fourth-order valence-corrected chi connectivity index (χ4v) is 4.55. The maximum atomic E-state index is 13.6. The van der Waals surface area contributed by atoms with Crippen molar-refractivity contribution in [3.63, 3.8) is 0 Å². The fraction of sp³-hybridized carbons (Fsp3) is 0.214. The molecule has 1 aliphatic heterocycles. The summed E-state index contributed by atoms with van der Waals surface area (Å²) >= 11 is 0. The summed E-state index contributed by atoms with van der Waals surface area (Å²) in [6.07, 6.45) is 10.2. The number of methoxy groups -OCH3 is 2. The van der Waals surface area contributed by atoms with Crippen molar-refractivity contribution in [1.82, 2.24) is 20.0 Å². The van der Waals surface area contributed by atoms with Crippen molar-refractivity contribution >= 4 is 22.4 Å². The monoisotopic (exact) mass is 513 g/mol. The quantitative estimate of drug-likeness (QED) is 0.339. The van der Waals surface area contributed by atoms with Gasteiger partial charge in [0, 0.05) is 29.9 Å². The van der Waals surface area contributed by atoms with Gasteiger partial charge in [0.2, 0.25) is 0 Å². The van der Waals surface area contributed by atoms with E-state index in [-0.39, 0.29) is 23.7 Å². The molecule has 1 unspecified atom stereocenters. The number of halogens is 1. The van der Waals surface area contributed by atoms with Crippen molar-refractivity contribution in [1.29, 1.82) is 0 Å². The molecule has 1 saturated carbocycles. The first kappa shape index (κ1) is 23.7. The van der Waals surface area contributed by atoms with Crippen LogP contribution in [0.25, 0.3) is 10.9 Å². The third kappa shape index (κ3) is 4.34. The van der Waals surface area contributed by atoms with Crippen molar-refractivity contribution in [3.05, 3.63) is 84.7 Å². The normalized spacial score (nSPS) is 17.1. The number of rotatable bonds is 7. The number of fused-ring (bicyclic) bond motifs is 1. The van der Waals surface area contributed by atoms with E-state index in [4.69, 9.17) is 14.2 Å². The van der Waals surface area contributed by atoms with Gasteiger partial charge in [0.05, 0.1) is 43.9 Å². The van der Waals surface area contributed by atoms with Crippen molar-refractivity contribution in [2.24, 2.45) is 0 Å². The topological polar surface area (TPSA) is 89.9 Å². The first-order chi connectivity index (χ1) is 18.6. The molecule has 1 aliphatic carbocycles. The van der Waals surface area contributed by atoms with E-state index in [0.717, 1.165) is 12.8 Å². The summed E-state index contributed by atoms with van der Waals surface area (Å²) in [4.78, 5) is 26.3. The predicted octanol–water partition coefficient (Wildman–Crippen LogP) is 5.00. The van der Waals surface area contributed by atoms with Crippen LogP contribution in [-0.2, 0) is 4.79 Å². The lowest BCUT2D eigenvalue weighted by molar-refractivity contribution is -0.117. The summed E-state index contributed by atoms with van der Waals surface area (Å²) in [5, 5.41) is 4.61. The van der Waals surface area contributed by atoms with Gasteiger partial charge in [-0.1, -0.05) is 12.1 Å². The number of nitrogens with zero attached hydrogens (tertiary/aromatic N) is 5. The lowest BCUT2D eigenvalue weighted by Crippen LogP contribution is -2.48. The van der Waals surface area contributed by atoms with Crippen molar-refractivity contribution in [2.45, 2.75) is 24.9 Å². The van der Waals surface area contributed by atoms with E-state index in [2.05, 4.69) is 15.0 Å². The van der Waals surface area contributed by atoms with E-state index in [0.29, 0.717) is 39.4 Å². The lowest BCUT2D eigenvalue weighted by atomic mass is 10.00. The van der Waals surface area contributed by atoms with E-state index in [1.165, 1.54) is 12.1 Å². The molecule has 2 aromatic carbocycles. The van der Waals surface area contributed by atoms with E-state index in [1.54, 1.807) is 75.4 Å². The second-order valence-electron chi connectivity index (χ2n) is 8.99. The molecule has 2 aromatic heterocycles. The number of hydrogen-bond donors (Lipinski definition) is 0. The van der Waals surface area contributed by atoms with Crippen LogP contribution in [0.3, 0.4) is 0 Å². The Hall–Kier alpha value is -4.73. The van der Waals surface area contributed by atoms with Gasteiger partial charge in [0.25, 0.3) is 0 Å². The third-order valence-electron chi connectivity index (χ3n) is 6.55. The molecule has 3 heterocycles. The van der Waals surface area contributed by atoms with E-state index < -0.39 is 6.04 Å². The second-order valence-corrected chi connectivity index (χ2v) is 8.99. The average Bonchev–Trinajstić information content (AvgIpc) is 3.79. The van der Waals surface area contributed by atoms with E-state index >= 15 is 0 Å². The number of carbonyl (C=O) groups is 1. The SMILES string of the molecule is COc1cc2nccc(Oc3ncc(N4C(c5ccc(F)cc5)C(=O)C=CN4C4CC4)cn3)c2cc1OC. The van der Waals surface area contributed by atoms with Gasteiger partial charge in [-0.25, -0.2) is 14.4 Å². The highest BCUT2D eigenvalue weighted by molar-refractivity contribution is 5.98. The van der Waals surface area contributed by atoms with Crippen LogP contribution in [-0.4, -0.2) is 46.0 Å². The fourth-order valence-electron chi connectivity index (χ4n) is 4.55. The third-order valence-corrected chi connectivity index (χ3v) is 6.55. The highest BCUT2D eigenvalue weighted by Gasteiger charge is 2.40. The van der Waals surface area contributed by atoms with E-state index in [9.17, 15) is 9.18 Å². The standard InChI is InChI=1S/C28H24FN5O4/c1-36-25-13-21-22(14-26(25)37-2)30-11-9-24(21)38-28-31-15-20(16-32-28)34-27(17-3-5-18(29)6-4-17)23(35)10-12-33(34)19-7-8-19/h3-6,9-16,19,27H,7-8H2,1-2H3. The molecule has 4 aromatic rings. The van der Waals surface area contributed by atoms with Crippen LogP contribution >= 0.6 is 0 Å². The number of hydrazine groups is 1. The van der Waals surface area contributed by atoms with E-state index in [1.807, 2.05) is 10.0 Å². The number of pyridine rings is 1. The Morgan fingerprint density at radius 2 is 1.63 bits per heavy atom. The molecular weight excluding hydrogens is 489 g/mol.